The molecular formula is C22H20N4O. The van der Waals surface area contributed by atoms with Crippen molar-refractivity contribution >= 4 is 16.8 Å². The third-order valence-electron chi connectivity index (χ3n) is 5.43. The molecule has 0 saturated heterocycles. The van der Waals surface area contributed by atoms with E-state index in [4.69, 9.17) is 0 Å². The molecule has 0 radical (unpaired) electrons. The van der Waals surface area contributed by atoms with Crippen molar-refractivity contribution in [2.45, 2.75) is 32.6 Å². The summed E-state index contributed by atoms with van der Waals surface area (Å²) in [5, 5.41) is 4.65. The molecule has 1 unspecified atom stereocenters. The molecule has 0 fully saturated rings. The number of benzene rings is 2. The van der Waals surface area contributed by atoms with Gasteiger partial charge in [-0.15, -0.1) is 0 Å². The smallest absolute Gasteiger partial charge is 0.229 e. The number of nitrogens with one attached hydrogen (secondary N) is 1. The standard InChI is InChI=1S/C22H20N4O/c1-13-7-9-15(10-8-13)16-11-19-21(20(27)12-16)14(2)25-26(19)22-23-17-5-3-4-6-18(17)24-22/h3-10,16H,11-12H2,1-2H3,(H,23,24). The van der Waals surface area contributed by atoms with Crippen LogP contribution in [0, 0.1) is 13.8 Å². The lowest BCUT2D eigenvalue weighted by Gasteiger charge is -2.22. The van der Waals surface area contributed by atoms with Crippen molar-refractivity contribution in [2.24, 2.45) is 0 Å². The Bertz CT molecular complexity index is 1130. The molecule has 1 aliphatic carbocycles. The topological polar surface area (TPSA) is 63.6 Å². The second-order valence-electron chi connectivity index (χ2n) is 7.34. The highest BCUT2D eigenvalue weighted by Gasteiger charge is 2.32. The average molecular weight is 356 g/mol. The summed E-state index contributed by atoms with van der Waals surface area (Å²) in [6.07, 6.45) is 1.31. The molecule has 1 N–H and O–H groups in total. The van der Waals surface area contributed by atoms with Gasteiger partial charge in [0.1, 0.15) is 0 Å². The van der Waals surface area contributed by atoms with Crippen molar-refractivity contribution < 1.29 is 4.79 Å². The number of nitrogens with zero attached hydrogens (tertiary/aromatic N) is 3. The van der Waals surface area contributed by atoms with Gasteiger partial charge in [-0.1, -0.05) is 42.0 Å². The van der Waals surface area contributed by atoms with E-state index in [1.54, 1.807) is 0 Å². The molecule has 0 bridgehead atoms. The zero-order valence-corrected chi connectivity index (χ0v) is 15.4. The number of ketones is 1. The molecular weight excluding hydrogens is 336 g/mol. The first-order chi connectivity index (χ1) is 13.1. The molecule has 2 aromatic heterocycles. The average Bonchev–Trinajstić information content (AvgIpc) is 3.23. The van der Waals surface area contributed by atoms with Crippen LogP contribution in [0.1, 0.15) is 45.2 Å². The van der Waals surface area contributed by atoms with E-state index in [2.05, 4.69) is 46.3 Å². The van der Waals surface area contributed by atoms with Gasteiger partial charge in [-0.3, -0.25) is 4.79 Å². The van der Waals surface area contributed by atoms with Crippen LogP contribution in [0.15, 0.2) is 48.5 Å². The number of hydrogen-bond acceptors (Lipinski definition) is 3. The van der Waals surface area contributed by atoms with Crippen LogP contribution < -0.4 is 0 Å². The molecule has 5 rings (SSSR count). The van der Waals surface area contributed by atoms with Crippen LogP contribution in [0.5, 0.6) is 0 Å². The number of carbonyl (C=O) groups excluding carboxylic acids is 1. The molecule has 0 saturated carbocycles. The fourth-order valence-electron chi connectivity index (χ4n) is 4.05. The Balaban J connectivity index is 1.61. The molecule has 27 heavy (non-hydrogen) atoms. The van der Waals surface area contributed by atoms with Crippen molar-refractivity contribution in [3.8, 4) is 5.95 Å². The number of hydrogen-bond donors (Lipinski definition) is 1. The number of Topliss-reactive ketones (excluding diaryl/α,β-unsaturated/α-hetero) is 1. The molecule has 2 aromatic carbocycles. The number of imidazole rings is 1. The Kier molecular flexibility index (Phi) is 3.50. The molecule has 0 amide bonds. The van der Waals surface area contributed by atoms with Crippen LogP contribution in [0.2, 0.25) is 0 Å². The summed E-state index contributed by atoms with van der Waals surface area (Å²) in [6, 6.07) is 16.4. The van der Waals surface area contributed by atoms with E-state index >= 15 is 0 Å². The van der Waals surface area contributed by atoms with Crippen LogP contribution in [-0.4, -0.2) is 25.5 Å². The maximum Gasteiger partial charge on any atom is 0.229 e. The van der Waals surface area contributed by atoms with Gasteiger partial charge in [0, 0.05) is 6.42 Å². The molecule has 2 heterocycles. The zero-order chi connectivity index (χ0) is 18.5. The number of fused-ring (bicyclic) bond motifs is 2. The minimum atomic E-state index is 0.168. The molecule has 4 aromatic rings. The van der Waals surface area contributed by atoms with Gasteiger partial charge in [0.25, 0.3) is 0 Å². The van der Waals surface area contributed by atoms with E-state index in [0.717, 1.165) is 34.4 Å². The van der Waals surface area contributed by atoms with Crippen molar-refractivity contribution in [2.75, 3.05) is 0 Å². The summed E-state index contributed by atoms with van der Waals surface area (Å²) in [7, 11) is 0. The minimum Gasteiger partial charge on any atom is -0.322 e. The summed E-state index contributed by atoms with van der Waals surface area (Å²) in [5.41, 5.74) is 6.78. The molecule has 1 aliphatic rings. The summed E-state index contributed by atoms with van der Waals surface area (Å²) in [6.45, 7) is 3.98. The molecule has 5 heteroatoms. The number of H-pyrrole nitrogens is 1. The number of aromatic amines is 1. The third kappa shape index (κ3) is 2.58. The highest BCUT2D eigenvalue weighted by atomic mass is 16.1. The summed E-state index contributed by atoms with van der Waals surface area (Å²) in [4.78, 5) is 20.9. The zero-order valence-electron chi connectivity index (χ0n) is 15.4. The van der Waals surface area contributed by atoms with Gasteiger partial charge in [-0.05, 0) is 43.9 Å². The van der Waals surface area contributed by atoms with E-state index in [1.807, 2.05) is 35.9 Å². The quantitative estimate of drug-likeness (QED) is 0.583. The molecule has 0 aliphatic heterocycles. The Morgan fingerprint density at radius 3 is 2.59 bits per heavy atom. The first-order valence-electron chi connectivity index (χ1n) is 9.23. The normalized spacial score (nSPS) is 16.7. The predicted molar refractivity (Wildman–Crippen MR) is 105 cm³/mol. The number of aromatic nitrogens is 4. The van der Waals surface area contributed by atoms with Gasteiger partial charge in [0.05, 0.1) is 28.0 Å². The Morgan fingerprint density at radius 2 is 1.81 bits per heavy atom. The van der Waals surface area contributed by atoms with Gasteiger partial charge in [-0.25, -0.2) is 9.67 Å². The predicted octanol–water partition coefficient (Wildman–Crippen LogP) is 4.28. The van der Waals surface area contributed by atoms with Crippen LogP contribution in [-0.2, 0) is 6.42 Å². The lowest BCUT2D eigenvalue weighted by atomic mass is 9.81. The van der Waals surface area contributed by atoms with Crippen molar-refractivity contribution in [1.82, 2.24) is 19.7 Å². The Hall–Kier alpha value is -3.21. The lowest BCUT2D eigenvalue weighted by molar-refractivity contribution is 0.0963. The highest BCUT2D eigenvalue weighted by Crippen LogP contribution is 2.35. The third-order valence-corrected chi connectivity index (χ3v) is 5.43. The highest BCUT2D eigenvalue weighted by molar-refractivity contribution is 6.00. The Labute approximate surface area is 157 Å². The maximum atomic E-state index is 12.9. The largest absolute Gasteiger partial charge is 0.322 e. The van der Waals surface area contributed by atoms with Crippen molar-refractivity contribution in [3.63, 3.8) is 0 Å². The fraction of sp³-hybridized carbons (Fsp3) is 0.227. The van der Waals surface area contributed by atoms with Gasteiger partial charge in [0.2, 0.25) is 5.95 Å². The number of para-hydroxylation sites is 2. The van der Waals surface area contributed by atoms with Crippen LogP contribution in [0.25, 0.3) is 17.0 Å². The lowest BCUT2D eigenvalue weighted by Crippen LogP contribution is -2.21. The molecule has 134 valence electrons. The van der Waals surface area contributed by atoms with E-state index in [0.29, 0.717) is 12.4 Å². The van der Waals surface area contributed by atoms with E-state index < -0.39 is 0 Å². The first-order valence-corrected chi connectivity index (χ1v) is 9.23. The number of rotatable bonds is 2. The maximum absolute atomic E-state index is 12.9. The number of carbonyl (C=O) groups is 1. The van der Waals surface area contributed by atoms with Crippen molar-refractivity contribution in [3.05, 3.63) is 76.6 Å². The van der Waals surface area contributed by atoms with E-state index in [9.17, 15) is 4.79 Å². The van der Waals surface area contributed by atoms with E-state index in [-0.39, 0.29) is 11.7 Å². The summed E-state index contributed by atoms with van der Waals surface area (Å²) < 4.78 is 1.82. The van der Waals surface area contributed by atoms with E-state index in [1.165, 1.54) is 11.1 Å². The SMILES string of the molecule is Cc1ccc(C2CC(=O)c3c(C)nn(-c4nc5ccccc5[nH]4)c3C2)cc1. The molecule has 0 spiro atoms. The Morgan fingerprint density at radius 1 is 1.04 bits per heavy atom. The first kappa shape index (κ1) is 16.0. The van der Waals surface area contributed by atoms with Crippen LogP contribution >= 0.6 is 0 Å². The van der Waals surface area contributed by atoms with Crippen molar-refractivity contribution in [1.29, 1.82) is 0 Å². The van der Waals surface area contributed by atoms with Gasteiger partial charge < -0.3 is 4.98 Å². The van der Waals surface area contributed by atoms with Crippen LogP contribution in [0.4, 0.5) is 0 Å². The monoisotopic (exact) mass is 356 g/mol. The summed E-state index contributed by atoms with van der Waals surface area (Å²) >= 11 is 0. The molecule has 1 atom stereocenters. The summed E-state index contributed by atoms with van der Waals surface area (Å²) in [5.74, 6) is 1.00. The van der Waals surface area contributed by atoms with Crippen LogP contribution in [0.3, 0.4) is 0 Å². The molecule has 5 nitrogen and oxygen atoms in total. The number of aryl methyl sites for hydroxylation is 2. The van der Waals surface area contributed by atoms with Gasteiger partial charge >= 0.3 is 0 Å². The van der Waals surface area contributed by atoms with Gasteiger partial charge in [0.15, 0.2) is 5.78 Å². The van der Waals surface area contributed by atoms with Gasteiger partial charge in [-0.2, -0.15) is 5.10 Å². The second-order valence-corrected chi connectivity index (χ2v) is 7.34. The fourth-order valence-corrected chi connectivity index (χ4v) is 4.05. The minimum absolute atomic E-state index is 0.168. The second kappa shape index (κ2) is 5.91.